The lowest BCUT2D eigenvalue weighted by molar-refractivity contribution is -0.121. The third-order valence-corrected chi connectivity index (χ3v) is 2.77. The van der Waals surface area contributed by atoms with Gasteiger partial charge in [0.1, 0.15) is 17.0 Å². The van der Waals surface area contributed by atoms with Crippen LogP contribution >= 0.6 is 11.6 Å². The van der Waals surface area contributed by atoms with Crippen molar-refractivity contribution >= 4 is 23.3 Å². The number of hydrogen-bond acceptors (Lipinski definition) is 4. The van der Waals surface area contributed by atoms with E-state index in [1.54, 1.807) is 20.0 Å². The van der Waals surface area contributed by atoms with Gasteiger partial charge in [0.25, 0.3) is 0 Å². The zero-order valence-corrected chi connectivity index (χ0v) is 12.2. The van der Waals surface area contributed by atoms with Crippen LogP contribution in [-0.2, 0) is 4.79 Å². The van der Waals surface area contributed by atoms with E-state index < -0.39 is 0 Å². The maximum absolute atomic E-state index is 11.7. The van der Waals surface area contributed by atoms with Gasteiger partial charge in [-0.1, -0.05) is 25.4 Å². The van der Waals surface area contributed by atoms with Crippen LogP contribution in [0, 0.1) is 24.2 Å². The number of nitrogens with zero attached hydrogens (tertiary/aromatic N) is 3. The van der Waals surface area contributed by atoms with Crippen molar-refractivity contribution in [2.45, 2.75) is 27.2 Å². The summed E-state index contributed by atoms with van der Waals surface area (Å²) in [5, 5.41) is 10.6. The Kier molecular flexibility index (Phi) is 5.13. The first-order valence-corrected chi connectivity index (χ1v) is 6.33. The van der Waals surface area contributed by atoms with Gasteiger partial charge in [-0.3, -0.25) is 15.2 Å². The van der Waals surface area contributed by atoms with E-state index in [9.17, 15) is 4.79 Å². The Morgan fingerprint density at radius 2 is 2.26 bits per heavy atom. The van der Waals surface area contributed by atoms with Crippen LogP contribution in [0.15, 0.2) is 6.07 Å². The lowest BCUT2D eigenvalue weighted by atomic mass is 10.1. The molecule has 6 heteroatoms. The lowest BCUT2D eigenvalue weighted by Gasteiger charge is -2.20. The van der Waals surface area contributed by atoms with Crippen LogP contribution in [0.1, 0.15) is 31.4 Å². The van der Waals surface area contributed by atoms with E-state index in [0.29, 0.717) is 17.8 Å². The Morgan fingerprint density at radius 1 is 1.63 bits per heavy atom. The number of rotatable bonds is 4. The van der Waals surface area contributed by atoms with Crippen LogP contribution < -0.4 is 10.4 Å². The van der Waals surface area contributed by atoms with E-state index >= 15 is 0 Å². The molecule has 0 aliphatic heterocycles. The van der Waals surface area contributed by atoms with Crippen molar-refractivity contribution in [3.05, 3.63) is 22.3 Å². The first kappa shape index (κ1) is 15.3. The predicted molar refractivity (Wildman–Crippen MR) is 74.7 cm³/mol. The highest BCUT2D eigenvalue weighted by Gasteiger charge is 2.13. The van der Waals surface area contributed by atoms with Crippen molar-refractivity contribution < 1.29 is 4.79 Å². The number of aryl methyl sites for hydroxylation is 1. The normalized spacial score (nSPS) is 10.2. The topological polar surface area (TPSA) is 69.0 Å². The molecular formula is C13H17ClN4O. The Hall–Kier alpha value is -1.80. The van der Waals surface area contributed by atoms with Gasteiger partial charge >= 0.3 is 0 Å². The zero-order chi connectivity index (χ0) is 14.6. The van der Waals surface area contributed by atoms with Crippen LogP contribution in [0.5, 0.6) is 0 Å². The molecule has 1 amide bonds. The first-order valence-electron chi connectivity index (χ1n) is 5.95. The minimum atomic E-state index is -0.0857. The molecule has 1 heterocycles. The summed E-state index contributed by atoms with van der Waals surface area (Å²) in [6, 6.07) is 3.70. The number of nitrogens with one attached hydrogen (secondary N) is 1. The number of carbonyl (C=O) groups is 1. The number of hydrazine groups is 1. The number of amides is 1. The molecule has 0 atom stereocenters. The van der Waals surface area contributed by atoms with E-state index in [2.05, 4.69) is 10.4 Å². The molecule has 5 nitrogen and oxygen atoms in total. The number of anilines is 1. The summed E-state index contributed by atoms with van der Waals surface area (Å²) in [5.74, 6) is 0.698. The first-order chi connectivity index (χ1) is 8.85. The Bertz CT molecular complexity index is 499. The molecule has 102 valence electrons. The summed E-state index contributed by atoms with van der Waals surface area (Å²) < 4.78 is 0. The molecule has 19 heavy (non-hydrogen) atoms. The van der Waals surface area contributed by atoms with Gasteiger partial charge in [0.2, 0.25) is 5.91 Å². The molecule has 0 fully saturated rings. The molecule has 0 unspecified atom stereocenters. The Morgan fingerprint density at radius 3 is 2.74 bits per heavy atom. The molecule has 0 saturated heterocycles. The standard InChI is InChI=1S/C13H17ClN4O/c1-8(2)5-12(19)17-18(4)11-6-9(3)10(7-15)13(14)16-11/h6,8H,5H2,1-4H3,(H,17,19). The summed E-state index contributed by atoms with van der Waals surface area (Å²) in [5.41, 5.74) is 3.79. The molecular weight excluding hydrogens is 264 g/mol. The highest BCUT2D eigenvalue weighted by atomic mass is 35.5. The quantitative estimate of drug-likeness (QED) is 0.679. The van der Waals surface area contributed by atoms with Crippen molar-refractivity contribution in [2.24, 2.45) is 5.92 Å². The summed E-state index contributed by atoms with van der Waals surface area (Å²) in [6.45, 7) is 5.72. The van der Waals surface area contributed by atoms with Crippen LogP contribution in [0.4, 0.5) is 5.82 Å². The molecule has 1 aromatic rings. The molecule has 0 spiro atoms. The SMILES string of the molecule is Cc1cc(N(C)NC(=O)CC(C)C)nc(Cl)c1C#N. The van der Waals surface area contributed by atoms with Crippen LogP contribution in [-0.4, -0.2) is 17.9 Å². The lowest BCUT2D eigenvalue weighted by Crippen LogP contribution is -2.40. The smallest absolute Gasteiger partial charge is 0.238 e. The molecule has 1 N–H and O–H groups in total. The fraction of sp³-hybridized carbons (Fsp3) is 0.462. The number of pyridine rings is 1. The Balaban J connectivity index is 2.87. The van der Waals surface area contributed by atoms with Gasteiger partial charge in [-0.05, 0) is 24.5 Å². The highest BCUT2D eigenvalue weighted by Crippen LogP contribution is 2.21. The molecule has 0 bridgehead atoms. The van der Waals surface area contributed by atoms with E-state index in [-0.39, 0.29) is 17.0 Å². The largest absolute Gasteiger partial charge is 0.273 e. The van der Waals surface area contributed by atoms with E-state index in [1.807, 2.05) is 19.9 Å². The third kappa shape index (κ3) is 4.11. The number of hydrogen-bond donors (Lipinski definition) is 1. The van der Waals surface area contributed by atoms with E-state index in [4.69, 9.17) is 16.9 Å². The van der Waals surface area contributed by atoms with Gasteiger partial charge in [0.05, 0.1) is 5.56 Å². The monoisotopic (exact) mass is 280 g/mol. The second-order valence-electron chi connectivity index (χ2n) is 4.77. The molecule has 0 aromatic carbocycles. The third-order valence-electron chi connectivity index (χ3n) is 2.50. The maximum atomic E-state index is 11.7. The number of halogens is 1. The summed E-state index contributed by atoms with van der Waals surface area (Å²) in [4.78, 5) is 15.8. The maximum Gasteiger partial charge on any atom is 0.238 e. The molecule has 0 radical (unpaired) electrons. The average Bonchev–Trinajstić information content (AvgIpc) is 2.26. The van der Waals surface area contributed by atoms with Crippen LogP contribution in [0.25, 0.3) is 0 Å². The number of aromatic nitrogens is 1. The summed E-state index contributed by atoms with van der Waals surface area (Å²) in [7, 11) is 1.68. The molecule has 0 aliphatic carbocycles. The van der Waals surface area contributed by atoms with Crippen molar-refractivity contribution in [3.63, 3.8) is 0 Å². The van der Waals surface area contributed by atoms with Gasteiger partial charge in [-0.25, -0.2) is 4.98 Å². The Labute approximate surface area is 118 Å². The minimum absolute atomic E-state index is 0.0857. The summed E-state index contributed by atoms with van der Waals surface area (Å²) >= 11 is 5.93. The van der Waals surface area contributed by atoms with Crippen molar-refractivity contribution in [1.29, 1.82) is 5.26 Å². The van der Waals surface area contributed by atoms with Crippen molar-refractivity contribution in [1.82, 2.24) is 10.4 Å². The van der Waals surface area contributed by atoms with E-state index in [0.717, 1.165) is 5.56 Å². The second kappa shape index (κ2) is 6.39. The molecule has 0 aliphatic rings. The van der Waals surface area contributed by atoms with E-state index in [1.165, 1.54) is 5.01 Å². The average molecular weight is 281 g/mol. The zero-order valence-electron chi connectivity index (χ0n) is 11.5. The van der Waals surface area contributed by atoms with Crippen LogP contribution in [0.2, 0.25) is 5.15 Å². The van der Waals surface area contributed by atoms with Gasteiger partial charge in [-0.2, -0.15) is 5.26 Å². The molecule has 0 saturated carbocycles. The van der Waals surface area contributed by atoms with Crippen molar-refractivity contribution in [2.75, 3.05) is 12.1 Å². The summed E-state index contributed by atoms with van der Waals surface area (Å²) in [6.07, 6.45) is 0.438. The van der Waals surface area contributed by atoms with Gasteiger partial charge in [0, 0.05) is 13.5 Å². The second-order valence-corrected chi connectivity index (χ2v) is 5.12. The highest BCUT2D eigenvalue weighted by molar-refractivity contribution is 6.30. The van der Waals surface area contributed by atoms with Gasteiger partial charge in [-0.15, -0.1) is 0 Å². The number of nitriles is 1. The molecule has 1 aromatic heterocycles. The number of carbonyl (C=O) groups excluding carboxylic acids is 1. The predicted octanol–water partition coefficient (Wildman–Crippen LogP) is 2.43. The fourth-order valence-electron chi connectivity index (χ4n) is 1.58. The fourth-order valence-corrected chi connectivity index (χ4v) is 1.86. The van der Waals surface area contributed by atoms with Crippen LogP contribution in [0.3, 0.4) is 0 Å². The molecule has 1 rings (SSSR count). The van der Waals surface area contributed by atoms with Crippen molar-refractivity contribution in [3.8, 4) is 6.07 Å². The van der Waals surface area contributed by atoms with Gasteiger partial charge < -0.3 is 0 Å². The van der Waals surface area contributed by atoms with Gasteiger partial charge in [0.15, 0.2) is 0 Å². The minimum Gasteiger partial charge on any atom is -0.273 e.